The molecule has 3 aromatic rings. The summed E-state index contributed by atoms with van der Waals surface area (Å²) in [6.45, 7) is 1.79. The molecule has 1 unspecified atom stereocenters. The predicted octanol–water partition coefficient (Wildman–Crippen LogP) is 3.88. The fourth-order valence-electron chi connectivity index (χ4n) is 2.31. The third-order valence-corrected chi connectivity index (χ3v) is 4.70. The summed E-state index contributed by atoms with van der Waals surface area (Å²) in [4.78, 5) is 13.6. The van der Waals surface area contributed by atoms with Gasteiger partial charge in [0.1, 0.15) is 11.8 Å². The molecule has 0 aliphatic rings. The summed E-state index contributed by atoms with van der Waals surface area (Å²) in [5.74, 6) is 1.15. The summed E-state index contributed by atoms with van der Waals surface area (Å²) < 4.78 is 7.30. The molecule has 0 saturated heterocycles. The van der Waals surface area contributed by atoms with Crippen molar-refractivity contribution >= 4 is 35.1 Å². The van der Waals surface area contributed by atoms with Crippen LogP contribution in [0, 0.1) is 4.77 Å². The molecule has 0 aliphatic heterocycles. The molecule has 0 saturated carbocycles. The van der Waals surface area contributed by atoms with Crippen molar-refractivity contribution < 1.29 is 9.53 Å². The molecule has 8 heteroatoms. The van der Waals surface area contributed by atoms with Crippen molar-refractivity contribution in [2.45, 2.75) is 13.0 Å². The van der Waals surface area contributed by atoms with Crippen LogP contribution in [-0.2, 0) is 4.79 Å². The molecule has 0 fully saturated rings. The quantitative estimate of drug-likeness (QED) is 0.678. The number of hydrogen-bond acceptors (Lipinski definition) is 5. The predicted molar refractivity (Wildman–Crippen MR) is 97.1 cm³/mol. The Morgan fingerprint density at radius 2 is 2.25 bits per heavy atom. The lowest BCUT2D eigenvalue weighted by atomic mass is 10.2. The highest BCUT2D eigenvalue weighted by Crippen LogP contribution is 2.26. The minimum atomic E-state index is -0.514. The maximum Gasteiger partial charge on any atom is 0.247 e. The van der Waals surface area contributed by atoms with Crippen LogP contribution in [0.5, 0.6) is 5.75 Å². The van der Waals surface area contributed by atoms with Gasteiger partial charge in [-0.25, -0.2) is 0 Å². The molecule has 24 heavy (non-hydrogen) atoms. The average Bonchev–Trinajstić information content (AvgIpc) is 3.23. The zero-order valence-electron chi connectivity index (χ0n) is 13.1. The number of carbonyl (C=O) groups excluding carboxylic acids is 1. The number of hydrogen-bond donors (Lipinski definition) is 2. The van der Waals surface area contributed by atoms with Crippen LogP contribution in [0.3, 0.4) is 0 Å². The van der Waals surface area contributed by atoms with Gasteiger partial charge in [0, 0.05) is 11.8 Å². The van der Waals surface area contributed by atoms with Gasteiger partial charge in [-0.15, -0.1) is 11.3 Å². The Morgan fingerprint density at radius 3 is 2.96 bits per heavy atom. The van der Waals surface area contributed by atoms with Gasteiger partial charge in [-0.3, -0.25) is 14.5 Å². The summed E-state index contributed by atoms with van der Waals surface area (Å²) in [6, 6.07) is 10.6. The van der Waals surface area contributed by atoms with Crippen molar-refractivity contribution in [3.8, 4) is 16.5 Å². The Morgan fingerprint density at radius 1 is 1.42 bits per heavy atom. The van der Waals surface area contributed by atoms with E-state index >= 15 is 0 Å². The molecule has 6 nitrogen and oxygen atoms in total. The van der Waals surface area contributed by atoms with Crippen molar-refractivity contribution in [1.29, 1.82) is 0 Å². The first-order valence-corrected chi connectivity index (χ1v) is 8.54. The zero-order chi connectivity index (χ0) is 17.1. The molecule has 1 aromatic carbocycles. The van der Waals surface area contributed by atoms with E-state index in [1.165, 1.54) is 0 Å². The van der Waals surface area contributed by atoms with Crippen LogP contribution in [0.25, 0.3) is 10.7 Å². The lowest BCUT2D eigenvalue weighted by Gasteiger charge is -2.15. The van der Waals surface area contributed by atoms with Crippen LogP contribution in [0.1, 0.15) is 13.0 Å². The van der Waals surface area contributed by atoms with Crippen molar-refractivity contribution in [1.82, 2.24) is 14.8 Å². The van der Waals surface area contributed by atoms with Crippen LogP contribution in [-0.4, -0.2) is 27.8 Å². The molecule has 124 valence electrons. The standard InChI is InChI=1S/C16H16N4O2S2/c1-10(15(21)17-11-5-3-6-12(9-11)22-2)20-14(18-19-16(20)23)13-7-4-8-24-13/h3-10H,1-2H3,(H,17,21)(H,19,23). The van der Waals surface area contributed by atoms with Crippen LogP contribution in [0.15, 0.2) is 41.8 Å². The number of nitrogens with zero attached hydrogens (tertiary/aromatic N) is 2. The van der Waals surface area contributed by atoms with Crippen LogP contribution in [0.2, 0.25) is 0 Å². The molecule has 1 amide bonds. The first kappa shape index (κ1) is 16.4. The van der Waals surface area contributed by atoms with E-state index in [1.807, 2.05) is 35.7 Å². The second kappa shape index (κ2) is 6.98. The third kappa shape index (κ3) is 3.24. The van der Waals surface area contributed by atoms with Gasteiger partial charge in [0.25, 0.3) is 0 Å². The SMILES string of the molecule is COc1cccc(NC(=O)C(C)n2c(-c3cccs3)n[nH]c2=S)c1. The number of carbonyl (C=O) groups is 1. The van der Waals surface area contributed by atoms with Crippen LogP contribution < -0.4 is 10.1 Å². The number of H-pyrrole nitrogens is 1. The number of benzene rings is 1. The Kier molecular flexibility index (Phi) is 4.77. The normalized spacial score (nSPS) is 11.9. The van der Waals surface area contributed by atoms with Crippen molar-refractivity contribution in [2.75, 3.05) is 12.4 Å². The molecule has 0 bridgehead atoms. The van der Waals surface area contributed by atoms with E-state index in [-0.39, 0.29) is 5.91 Å². The van der Waals surface area contributed by atoms with Gasteiger partial charge in [-0.1, -0.05) is 12.1 Å². The number of ether oxygens (including phenoxy) is 1. The van der Waals surface area contributed by atoms with E-state index in [0.717, 1.165) is 4.88 Å². The second-order valence-electron chi connectivity index (χ2n) is 5.10. The van der Waals surface area contributed by atoms with Gasteiger partial charge in [0.05, 0.1) is 12.0 Å². The van der Waals surface area contributed by atoms with Gasteiger partial charge in [0.15, 0.2) is 10.6 Å². The Labute approximate surface area is 148 Å². The Bertz CT molecular complexity index is 899. The fraction of sp³-hybridized carbons (Fsp3) is 0.188. The number of methoxy groups -OCH3 is 1. The van der Waals surface area contributed by atoms with Gasteiger partial charge in [0.2, 0.25) is 5.91 Å². The molecule has 2 aromatic heterocycles. The summed E-state index contributed by atoms with van der Waals surface area (Å²) >= 11 is 6.84. The minimum Gasteiger partial charge on any atom is -0.497 e. The number of anilines is 1. The van der Waals surface area contributed by atoms with Gasteiger partial charge >= 0.3 is 0 Å². The van der Waals surface area contributed by atoms with Crippen molar-refractivity contribution in [3.05, 3.63) is 46.5 Å². The first-order chi connectivity index (χ1) is 11.6. The van der Waals surface area contributed by atoms with Crippen molar-refractivity contribution in [2.24, 2.45) is 0 Å². The zero-order valence-corrected chi connectivity index (χ0v) is 14.8. The second-order valence-corrected chi connectivity index (χ2v) is 6.43. The number of thiophene rings is 1. The van der Waals surface area contributed by atoms with E-state index in [9.17, 15) is 4.79 Å². The highest BCUT2D eigenvalue weighted by Gasteiger charge is 2.21. The van der Waals surface area contributed by atoms with E-state index in [2.05, 4.69) is 15.5 Å². The van der Waals surface area contributed by atoms with Crippen LogP contribution >= 0.6 is 23.6 Å². The van der Waals surface area contributed by atoms with Gasteiger partial charge < -0.3 is 10.1 Å². The van der Waals surface area contributed by atoms with E-state index < -0.39 is 6.04 Å². The minimum absolute atomic E-state index is 0.182. The van der Waals surface area contributed by atoms with E-state index in [0.29, 0.717) is 22.0 Å². The third-order valence-electron chi connectivity index (χ3n) is 3.55. The van der Waals surface area contributed by atoms with E-state index in [4.69, 9.17) is 17.0 Å². The Hall–Kier alpha value is -2.45. The van der Waals surface area contributed by atoms with Crippen molar-refractivity contribution in [3.63, 3.8) is 0 Å². The Balaban J connectivity index is 1.86. The summed E-state index contributed by atoms with van der Waals surface area (Å²) in [5.41, 5.74) is 0.666. The maximum absolute atomic E-state index is 12.6. The molecule has 0 radical (unpaired) electrons. The summed E-state index contributed by atoms with van der Waals surface area (Å²) in [7, 11) is 1.58. The van der Waals surface area contributed by atoms with E-state index in [1.54, 1.807) is 36.0 Å². The number of aromatic amines is 1. The smallest absolute Gasteiger partial charge is 0.247 e. The molecule has 2 heterocycles. The number of nitrogens with one attached hydrogen (secondary N) is 2. The maximum atomic E-state index is 12.6. The highest BCUT2D eigenvalue weighted by molar-refractivity contribution is 7.71. The topological polar surface area (TPSA) is 71.9 Å². The highest BCUT2D eigenvalue weighted by atomic mass is 32.1. The number of rotatable bonds is 5. The number of aromatic nitrogens is 3. The largest absolute Gasteiger partial charge is 0.497 e. The molecular formula is C16H16N4O2S2. The van der Waals surface area contributed by atoms with Crippen LogP contribution in [0.4, 0.5) is 5.69 Å². The monoisotopic (exact) mass is 360 g/mol. The number of amides is 1. The average molecular weight is 360 g/mol. The molecule has 0 spiro atoms. The molecule has 3 rings (SSSR count). The molecule has 2 N–H and O–H groups in total. The lowest BCUT2D eigenvalue weighted by molar-refractivity contribution is -0.118. The lowest BCUT2D eigenvalue weighted by Crippen LogP contribution is -2.24. The molecule has 1 atom stereocenters. The van der Waals surface area contributed by atoms with Gasteiger partial charge in [-0.05, 0) is 42.7 Å². The fourth-order valence-corrected chi connectivity index (χ4v) is 3.31. The summed E-state index contributed by atoms with van der Waals surface area (Å²) in [6.07, 6.45) is 0. The summed E-state index contributed by atoms with van der Waals surface area (Å²) in [5, 5.41) is 11.9. The first-order valence-electron chi connectivity index (χ1n) is 7.26. The molecular weight excluding hydrogens is 344 g/mol. The van der Waals surface area contributed by atoms with Gasteiger partial charge in [-0.2, -0.15) is 5.10 Å². The molecule has 0 aliphatic carbocycles.